The van der Waals surface area contributed by atoms with Gasteiger partial charge in [0.15, 0.2) is 0 Å². The summed E-state index contributed by atoms with van der Waals surface area (Å²) in [5, 5.41) is 9.55. The van der Waals surface area contributed by atoms with Gasteiger partial charge in [-0.05, 0) is 18.2 Å². The van der Waals surface area contributed by atoms with E-state index in [0.29, 0.717) is 10.8 Å². The number of benzene rings is 1. The van der Waals surface area contributed by atoms with Gasteiger partial charge in [0.25, 0.3) is 0 Å². The van der Waals surface area contributed by atoms with Crippen LogP contribution in [-0.2, 0) is 0 Å². The third-order valence-electron chi connectivity index (χ3n) is 1.95. The van der Waals surface area contributed by atoms with Gasteiger partial charge in [0.1, 0.15) is 5.82 Å². The molecule has 0 saturated carbocycles. The molecule has 1 aromatic carbocycles. The minimum Gasteiger partial charge on any atom is -0.478 e. The van der Waals surface area contributed by atoms with Crippen molar-refractivity contribution in [2.75, 3.05) is 0 Å². The first-order valence-corrected chi connectivity index (χ1v) is 3.95. The maximum absolute atomic E-state index is 13.3. The van der Waals surface area contributed by atoms with Crippen LogP contribution in [-0.4, -0.2) is 16.1 Å². The lowest BCUT2D eigenvalue weighted by molar-refractivity contribution is 0.0696. The van der Waals surface area contributed by atoms with Crippen LogP contribution < -0.4 is 0 Å². The maximum Gasteiger partial charge on any atom is 0.335 e. The van der Waals surface area contributed by atoms with Gasteiger partial charge in [-0.15, -0.1) is 0 Å². The molecule has 4 heteroatoms. The Bertz CT molecular complexity index is 510. The van der Waals surface area contributed by atoms with Crippen LogP contribution in [0, 0.1) is 5.82 Å². The number of carboxylic acids is 1. The van der Waals surface area contributed by atoms with Crippen molar-refractivity contribution in [2.45, 2.75) is 0 Å². The Morgan fingerprint density at radius 1 is 1.43 bits per heavy atom. The summed E-state index contributed by atoms with van der Waals surface area (Å²) in [7, 11) is 0. The van der Waals surface area contributed by atoms with Crippen molar-refractivity contribution in [3.63, 3.8) is 0 Å². The largest absolute Gasteiger partial charge is 0.478 e. The summed E-state index contributed by atoms with van der Waals surface area (Å²) in [6.45, 7) is 0. The van der Waals surface area contributed by atoms with Gasteiger partial charge in [0.05, 0.1) is 5.56 Å². The Labute approximate surface area is 78.8 Å². The first-order chi connectivity index (χ1) is 6.68. The molecule has 0 radical (unpaired) electrons. The van der Waals surface area contributed by atoms with E-state index in [9.17, 15) is 9.18 Å². The van der Waals surface area contributed by atoms with Gasteiger partial charge in [-0.3, -0.25) is 4.98 Å². The molecule has 0 aliphatic rings. The highest BCUT2D eigenvalue weighted by atomic mass is 19.1. The summed E-state index contributed by atoms with van der Waals surface area (Å²) < 4.78 is 13.3. The van der Waals surface area contributed by atoms with E-state index in [2.05, 4.69) is 4.98 Å². The first kappa shape index (κ1) is 8.62. The van der Waals surface area contributed by atoms with Crippen LogP contribution in [0.15, 0.2) is 30.6 Å². The van der Waals surface area contributed by atoms with E-state index in [1.165, 1.54) is 24.5 Å². The molecule has 1 aromatic heterocycles. The predicted molar refractivity (Wildman–Crippen MR) is 48.7 cm³/mol. The third-order valence-corrected chi connectivity index (χ3v) is 1.95. The molecule has 0 fully saturated rings. The minimum atomic E-state index is -1.14. The van der Waals surface area contributed by atoms with Crippen molar-refractivity contribution in [2.24, 2.45) is 0 Å². The molecule has 0 saturated heterocycles. The Balaban J connectivity index is 2.78. The topological polar surface area (TPSA) is 50.2 Å². The summed E-state index contributed by atoms with van der Waals surface area (Å²) in [6.07, 6.45) is 2.90. The highest BCUT2D eigenvalue weighted by molar-refractivity contribution is 5.94. The fraction of sp³-hybridized carbons (Fsp3) is 0. The van der Waals surface area contributed by atoms with E-state index in [1.807, 2.05) is 0 Å². The van der Waals surface area contributed by atoms with Gasteiger partial charge in [0, 0.05) is 23.2 Å². The van der Waals surface area contributed by atoms with E-state index in [0.717, 1.165) is 6.07 Å². The molecule has 14 heavy (non-hydrogen) atoms. The number of aromatic carboxylic acids is 1. The standard InChI is InChI=1S/C10H6FNO2/c11-9-4-6(10(13)14)3-7-5-12-2-1-8(7)9/h1-5H,(H,13,14). The number of nitrogens with zero attached hydrogens (tertiary/aromatic N) is 1. The maximum atomic E-state index is 13.3. The third kappa shape index (κ3) is 1.31. The van der Waals surface area contributed by atoms with Crippen LogP contribution in [0.5, 0.6) is 0 Å². The average Bonchev–Trinajstić information content (AvgIpc) is 2.17. The van der Waals surface area contributed by atoms with Crippen LogP contribution in [0.25, 0.3) is 10.8 Å². The normalized spacial score (nSPS) is 10.4. The molecule has 70 valence electrons. The number of fused-ring (bicyclic) bond motifs is 1. The van der Waals surface area contributed by atoms with Crippen LogP contribution in [0.4, 0.5) is 4.39 Å². The number of hydrogen-bond donors (Lipinski definition) is 1. The van der Waals surface area contributed by atoms with Crippen molar-refractivity contribution in [1.82, 2.24) is 4.98 Å². The van der Waals surface area contributed by atoms with E-state index < -0.39 is 11.8 Å². The second-order valence-corrected chi connectivity index (χ2v) is 2.86. The second kappa shape index (κ2) is 3.06. The van der Waals surface area contributed by atoms with Crippen molar-refractivity contribution in [3.05, 3.63) is 42.0 Å². The number of carbonyl (C=O) groups is 1. The lowest BCUT2D eigenvalue weighted by atomic mass is 10.1. The number of aromatic nitrogens is 1. The van der Waals surface area contributed by atoms with Crippen LogP contribution in [0.2, 0.25) is 0 Å². The molecule has 0 amide bonds. The lowest BCUT2D eigenvalue weighted by Crippen LogP contribution is -1.97. The Morgan fingerprint density at radius 3 is 2.93 bits per heavy atom. The molecule has 0 atom stereocenters. The van der Waals surface area contributed by atoms with Crippen molar-refractivity contribution >= 4 is 16.7 Å². The fourth-order valence-corrected chi connectivity index (χ4v) is 1.29. The Kier molecular flexibility index (Phi) is 1.89. The molecule has 3 nitrogen and oxygen atoms in total. The molecular formula is C10H6FNO2. The van der Waals surface area contributed by atoms with E-state index in [-0.39, 0.29) is 5.56 Å². The highest BCUT2D eigenvalue weighted by Crippen LogP contribution is 2.18. The Morgan fingerprint density at radius 2 is 2.21 bits per heavy atom. The molecule has 0 bridgehead atoms. The minimum absolute atomic E-state index is 0.0667. The fourth-order valence-electron chi connectivity index (χ4n) is 1.29. The summed E-state index contributed by atoms with van der Waals surface area (Å²) >= 11 is 0. The monoisotopic (exact) mass is 191 g/mol. The number of hydrogen-bond acceptors (Lipinski definition) is 2. The van der Waals surface area contributed by atoms with Crippen LogP contribution >= 0.6 is 0 Å². The summed E-state index contributed by atoms with van der Waals surface area (Å²) in [6, 6.07) is 3.91. The van der Waals surface area contributed by atoms with E-state index in [4.69, 9.17) is 5.11 Å². The zero-order valence-corrected chi connectivity index (χ0v) is 7.07. The lowest BCUT2D eigenvalue weighted by Gasteiger charge is -2.00. The smallest absolute Gasteiger partial charge is 0.335 e. The van der Waals surface area contributed by atoms with Gasteiger partial charge in [-0.2, -0.15) is 0 Å². The van der Waals surface area contributed by atoms with Gasteiger partial charge in [-0.1, -0.05) is 0 Å². The summed E-state index contributed by atoms with van der Waals surface area (Å²) in [4.78, 5) is 14.4. The van der Waals surface area contributed by atoms with Crippen LogP contribution in [0.3, 0.4) is 0 Å². The molecule has 2 rings (SSSR count). The zero-order chi connectivity index (χ0) is 10.1. The van der Waals surface area contributed by atoms with E-state index in [1.54, 1.807) is 0 Å². The van der Waals surface area contributed by atoms with Gasteiger partial charge in [0.2, 0.25) is 0 Å². The first-order valence-electron chi connectivity index (χ1n) is 3.95. The number of halogens is 1. The Hall–Kier alpha value is -1.97. The van der Waals surface area contributed by atoms with E-state index >= 15 is 0 Å². The molecule has 1 N–H and O–H groups in total. The van der Waals surface area contributed by atoms with Gasteiger partial charge in [-0.25, -0.2) is 9.18 Å². The van der Waals surface area contributed by atoms with Crippen LogP contribution in [0.1, 0.15) is 10.4 Å². The average molecular weight is 191 g/mol. The molecule has 0 aliphatic carbocycles. The molecular weight excluding hydrogens is 185 g/mol. The summed E-state index contributed by atoms with van der Waals surface area (Å²) in [5.41, 5.74) is -0.0667. The second-order valence-electron chi connectivity index (χ2n) is 2.86. The number of rotatable bonds is 1. The molecule has 2 aromatic rings. The molecule has 0 unspecified atom stereocenters. The quantitative estimate of drug-likeness (QED) is 0.750. The molecule has 0 spiro atoms. The van der Waals surface area contributed by atoms with Crippen molar-refractivity contribution in [1.29, 1.82) is 0 Å². The highest BCUT2D eigenvalue weighted by Gasteiger charge is 2.08. The van der Waals surface area contributed by atoms with Gasteiger partial charge >= 0.3 is 5.97 Å². The summed E-state index contributed by atoms with van der Waals surface area (Å²) in [5.74, 6) is -1.68. The van der Waals surface area contributed by atoms with Gasteiger partial charge < -0.3 is 5.11 Å². The molecule has 1 heterocycles. The number of pyridine rings is 1. The SMILES string of the molecule is O=C(O)c1cc(F)c2ccncc2c1. The van der Waals surface area contributed by atoms with Crippen molar-refractivity contribution in [3.8, 4) is 0 Å². The molecule has 0 aliphatic heterocycles. The van der Waals surface area contributed by atoms with Crippen molar-refractivity contribution < 1.29 is 14.3 Å². The zero-order valence-electron chi connectivity index (χ0n) is 7.07. The number of carboxylic acid groups (broad SMARTS) is 1. The predicted octanol–water partition coefficient (Wildman–Crippen LogP) is 2.07.